The number of hydrogen-bond donors (Lipinski definition) is 0. The second kappa shape index (κ2) is 15.5. The minimum Gasteiger partial charge on any atom is -0.310 e. The van der Waals surface area contributed by atoms with E-state index in [2.05, 4.69) is 273 Å². The maximum atomic E-state index is 2.59. The predicted octanol–water partition coefficient (Wildman–Crippen LogP) is 19.3. The zero-order chi connectivity index (χ0) is 51.7. The smallest absolute Gasteiger partial charge is 0.0726 e. The number of anilines is 3. The van der Waals surface area contributed by atoms with Gasteiger partial charge in [-0.15, -0.1) is 0 Å². The van der Waals surface area contributed by atoms with Crippen LogP contribution >= 0.6 is 0 Å². The molecule has 10 aromatic carbocycles. The molecule has 0 N–H and O–H groups in total. The zero-order valence-electron chi connectivity index (χ0n) is 45.1. The molecule has 0 heterocycles. The molecule has 2 spiro atoms. The van der Waals surface area contributed by atoms with Gasteiger partial charge in [0.2, 0.25) is 0 Å². The van der Waals surface area contributed by atoms with E-state index < -0.39 is 5.41 Å². The van der Waals surface area contributed by atoms with Crippen LogP contribution in [0.3, 0.4) is 0 Å². The van der Waals surface area contributed by atoms with E-state index in [-0.39, 0.29) is 21.7 Å². The SMILES string of the molecule is CC(C)(C)c1ccc2c(c1)-c1cc(C(C)(C)C)ccc1C21c2ccccc2-c2ccc(N(c3cccc(-c4cccc5c4C(C)(C)c4ccccc4-5)c3)c3ccc4c(c3)C3(CCc5ccccc53)c3ccccc3-4)cc21. The average Bonchev–Trinajstić information content (AvgIpc) is 4.26. The fraction of sp³-hybridized carbons (Fsp3) is 0.200. The summed E-state index contributed by atoms with van der Waals surface area (Å²) in [7, 11) is 0. The molecule has 1 unspecified atom stereocenters. The first-order valence-corrected chi connectivity index (χ1v) is 27.7. The fourth-order valence-corrected chi connectivity index (χ4v) is 15.3. The van der Waals surface area contributed by atoms with Gasteiger partial charge in [0.1, 0.15) is 0 Å². The molecule has 15 rings (SSSR count). The molecular weight excluding hydrogens is 915 g/mol. The number of rotatable bonds is 4. The molecule has 0 aliphatic heterocycles. The number of fused-ring (bicyclic) bond motifs is 20. The third kappa shape index (κ3) is 5.98. The number of benzene rings is 10. The Balaban J connectivity index is 0.989. The summed E-state index contributed by atoms with van der Waals surface area (Å²) in [5.41, 5.74) is 32.5. The van der Waals surface area contributed by atoms with Crippen LogP contribution in [0.4, 0.5) is 17.1 Å². The topological polar surface area (TPSA) is 3.24 Å². The molecule has 5 aliphatic rings. The largest absolute Gasteiger partial charge is 0.310 e. The minimum atomic E-state index is -0.519. The maximum absolute atomic E-state index is 2.59. The van der Waals surface area contributed by atoms with Gasteiger partial charge in [-0.2, -0.15) is 0 Å². The van der Waals surface area contributed by atoms with Gasteiger partial charge in [-0.3, -0.25) is 0 Å². The van der Waals surface area contributed by atoms with Crippen LogP contribution in [0.15, 0.2) is 212 Å². The lowest BCUT2D eigenvalue weighted by Crippen LogP contribution is -2.26. The van der Waals surface area contributed by atoms with Crippen molar-refractivity contribution < 1.29 is 0 Å². The van der Waals surface area contributed by atoms with Crippen molar-refractivity contribution >= 4 is 17.1 Å². The Bertz CT molecular complexity index is 4060. The van der Waals surface area contributed by atoms with Crippen LogP contribution in [-0.2, 0) is 33.5 Å². The normalized spacial score (nSPS) is 17.1. The van der Waals surface area contributed by atoms with E-state index >= 15 is 0 Å². The fourth-order valence-electron chi connectivity index (χ4n) is 15.3. The third-order valence-corrected chi connectivity index (χ3v) is 18.8. The Morgan fingerprint density at radius 2 is 0.816 bits per heavy atom. The van der Waals surface area contributed by atoms with Gasteiger partial charge >= 0.3 is 0 Å². The van der Waals surface area contributed by atoms with E-state index in [1.807, 2.05) is 0 Å². The molecule has 1 nitrogen and oxygen atoms in total. The molecule has 368 valence electrons. The molecule has 0 radical (unpaired) electrons. The van der Waals surface area contributed by atoms with Gasteiger partial charge in [0, 0.05) is 27.9 Å². The summed E-state index contributed by atoms with van der Waals surface area (Å²) in [6.45, 7) is 18.9. The van der Waals surface area contributed by atoms with Crippen molar-refractivity contribution in [3.05, 3.63) is 279 Å². The van der Waals surface area contributed by atoms with Crippen LogP contribution < -0.4 is 4.90 Å². The van der Waals surface area contributed by atoms with Gasteiger partial charge in [0.05, 0.1) is 5.41 Å². The number of hydrogen-bond acceptors (Lipinski definition) is 1. The summed E-state index contributed by atoms with van der Waals surface area (Å²) in [5, 5.41) is 0. The first kappa shape index (κ1) is 45.4. The van der Waals surface area contributed by atoms with Crippen LogP contribution in [0.1, 0.15) is 129 Å². The van der Waals surface area contributed by atoms with Gasteiger partial charge in [-0.1, -0.05) is 231 Å². The molecular formula is C75H63N. The predicted molar refractivity (Wildman–Crippen MR) is 318 cm³/mol. The summed E-state index contributed by atoms with van der Waals surface area (Å²) in [5.74, 6) is 0. The molecule has 0 amide bonds. The van der Waals surface area contributed by atoms with Crippen molar-refractivity contribution in [3.8, 4) is 55.6 Å². The Morgan fingerprint density at radius 3 is 1.47 bits per heavy atom. The highest BCUT2D eigenvalue weighted by molar-refractivity contribution is 5.98. The van der Waals surface area contributed by atoms with Crippen molar-refractivity contribution in [2.75, 3.05) is 4.90 Å². The molecule has 10 aromatic rings. The summed E-state index contributed by atoms with van der Waals surface area (Å²) in [4.78, 5) is 2.59. The van der Waals surface area contributed by atoms with E-state index in [0.717, 1.165) is 24.2 Å². The Kier molecular flexibility index (Phi) is 9.29. The third-order valence-electron chi connectivity index (χ3n) is 18.8. The van der Waals surface area contributed by atoms with Crippen molar-refractivity contribution in [2.24, 2.45) is 0 Å². The van der Waals surface area contributed by atoms with Gasteiger partial charge < -0.3 is 4.90 Å². The van der Waals surface area contributed by atoms with E-state index in [0.29, 0.717) is 0 Å². The quantitative estimate of drug-likeness (QED) is 0.170. The first-order chi connectivity index (χ1) is 36.7. The summed E-state index contributed by atoms with van der Waals surface area (Å²) < 4.78 is 0. The molecule has 0 saturated heterocycles. The standard InChI is InChI=1S/C75H63N/c1-71(2,3)48-31-37-66-60(42-48)61-43-49(72(4,5)6)32-38-67(61)75(66)65-30-16-12-23-55(65)58-36-34-52(45-69(58)75)76(50-21-17-20-47(41-50)53-25-18-26-59-56-24-10-14-28-63(56)73(7,8)70(53)59)51-33-35-57-54-22-11-15-29-64(54)74(68(57)44-51)40-39-46-19-9-13-27-62(46)74/h9-38,41-45H,39-40H2,1-8H3. The van der Waals surface area contributed by atoms with Gasteiger partial charge in [-0.25, -0.2) is 0 Å². The molecule has 5 aliphatic carbocycles. The Hall–Kier alpha value is -8.00. The van der Waals surface area contributed by atoms with Crippen molar-refractivity contribution in [1.82, 2.24) is 0 Å². The molecule has 76 heavy (non-hydrogen) atoms. The number of aryl methyl sites for hydroxylation is 1. The second-order valence-electron chi connectivity index (χ2n) is 25.2. The Labute approximate surface area is 449 Å². The van der Waals surface area contributed by atoms with Gasteiger partial charge in [0.25, 0.3) is 0 Å². The van der Waals surface area contributed by atoms with E-state index in [1.165, 1.54) is 128 Å². The lowest BCUT2D eigenvalue weighted by molar-refractivity contribution is 0.589. The van der Waals surface area contributed by atoms with Crippen LogP contribution in [0.2, 0.25) is 0 Å². The highest BCUT2D eigenvalue weighted by Crippen LogP contribution is 2.65. The summed E-state index contributed by atoms with van der Waals surface area (Å²) in [6.07, 6.45) is 2.12. The lowest BCUT2D eigenvalue weighted by Gasteiger charge is -2.33. The molecule has 0 fully saturated rings. The van der Waals surface area contributed by atoms with Gasteiger partial charge in [0.15, 0.2) is 0 Å². The molecule has 1 heteroatoms. The van der Waals surface area contributed by atoms with E-state index in [9.17, 15) is 0 Å². The van der Waals surface area contributed by atoms with Crippen molar-refractivity contribution in [2.45, 2.75) is 95.3 Å². The number of nitrogens with zero attached hydrogens (tertiary/aromatic N) is 1. The van der Waals surface area contributed by atoms with Crippen LogP contribution in [0.25, 0.3) is 55.6 Å². The van der Waals surface area contributed by atoms with Crippen molar-refractivity contribution in [3.63, 3.8) is 0 Å². The highest BCUT2D eigenvalue weighted by atomic mass is 15.1. The Morgan fingerprint density at radius 1 is 0.342 bits per heavy atom. The molecule has 0 saturated carbocycles. The second-order valence-corrected chi connectivity index (χ2v) is 25.2. The van der Waals surface area contributed by atoms with Gasteiger partial charge in [-0.05, 0) is 182 Å². The molecule has 1 atom stereocenters. The van der Waals surface area contributed by atoms with E-state index in [1.54, 1.807) is 0 Å². The summed E-state index contributed by atoms with van der Waals surface area (Å²) >= 11 is 0. The van der Waals surface area contributed by atoms with Crippen LogP contribution in [0.5, 0.6) is 0 Å². The lowest BCUT2D eigenvalue weighted by atomic mass is 9.70. The van der Waals surface area contributed by atoms with Crippen LogP contribution in [0, 0.1) is 0 Å². The minimum absolute atomic E-state index is 0.00374. The maximum Gasteiger partial charge on any atom is 0.0726 e. The van der Waals surface area contributed by atoms with E-state index in [4.69, 9.17) is 0 Å². The monoisotopic (exact) mass is 977 g/mol. The van der Waals surface area contributed by atoms with Crippen LogP contribution in [-0.4, -0.2) is 0 Å². The zero-order valence-corrected chi connectivity index (χ0v) is 45.1. The van der Waals surface area contributed by atoms with Crippen molar-refractivity contribution in [1.29, 1.82) is 0 Å². The summed E-state index contributed by atoms with van der Waals surface area (Å²) in [6, 6.07) is 82.8. The molecule has 0 bridgehead atoms. The molecule has 0 aromatic heterocycles. The average molecular weight is 978 g/mol. The highest BCUT2D eigenvalue weighted by Gasteiger charge is 2.53. The first-order valence-electron chi connectivity index (χ1n) is 27.7.